The number of aromatic carboxylic acids is 2. The first-order chi connectivity index (χ1) is 9.23. The Morgan fingerprint density at radius 1 is 0.750 bits per heavy atom. The van der Waals surface area contributed by atoms with E-state index in [0.717, 1.165) is 6.07 Å². The maximum Gasteiger partial charge on any atom is 0.335 e. The molecule has 8 nitrogen and oxygen atoms in total. The van der Waals surface area contributed by atoms with Crippen LogP contribution in [-0.2, 0) is 9.59 Å². The van der Waals surface area contributed by atoms with Crippen molar-refractivity contribution in [3.05, 3.63) is 47.5 Å². The lowest BCUT2D eigenvalue weighted by Gasteiger charge is -1.95. The molecular weight excluding hydrogens is 272 g/mol. The van der Waals surface area contributed by atoms with E-state index >= 15 is 0 Å². The van der Waals surface area contributed by atoms with E-state index in [1.54, 1.807) is 0 Å². The van der Waals surface area contributed by atoms with Crippen molar-refractivity contribution in [3.63, 3.8) is 0 Å². The highest BCUT2D eigenvalue weighted by atomic mass is 16.4. The molecule has 0 atom stereocenters. The summed E-state index contributed by atoms with van der Waals surface area (Å²) in [6.45, 7) is 0. The van der Waals surface area contributed by atoms with Gasteiger partial charge in [-0.15, -0.1) is 0 Å². The summed E-state index contributed by atoms with van der Waals surface area (Å²) in [4.78, 5) is 39.9. The van der Waals surface area contributed by atoms with Crippen molar-refractivity contribution in [1.82, 2.24) is 0 Å². The molecule has 0 spiro atoms. The Bertz CT molecular complexity index is 513. The summed E-state index contributed by atoms with van der Waals surface area (Å²) in [7, 11) is 0. The van der Waals surface area contributed by atoms with Crippen LogP contribution in [0.3, 0.4) is 0 Å². The first kappa shape index (κ1) is 16.8. The molecule has 20 heavy (non-hydrogen) atoms. The number of hydrogen-bond acceptors (Lipinski definition) is 4. The molecule has 0 aliphatic heterocycles. The number of carboxylic acids is 4. The number of benzene rings is 1. The lowest BCUT2D eigenvalue weighted by molar-refractivity contribution is -0.134. The van der Waals surface area contributed by atoms with Crippen LogP contribution in [0.4, 0.5) is 0 Å². The van der Waals surface area contributed by atoms with Crippen molar-refractivity contribution in [2.45, 2.75) is 0 Å². The third kappa shape index (κ3) is 7.22. The molecule has 0 aliphatic rings. The second-order valence-corrected chi connectivity index (χ2v) is 3.20. The average molecular weight is 282 g/mol. The Kier molecular flexibility index (Phi) is 6.76. The fourth-order valence-corrected chi connectivity index (χ4v) is 0.928. The molecule has 0 saturated carbocycles. The van der Waals surface area contributed by atoms with E-state index in [0.29, 0.717) is 12.2 Å². The van der Waals surface area contributed by atoms with E-state index in [4.69, 9.17) is 20.4 Å². The summed E-state index contributed by atoms with van der Waals surface area (Å²) < 4.78 is 0. The summed E-state index contributed by atoms with van der Waals surface area (Å²) in [5, 5.41) is 32.6. The van der Waals surface area contributed by atoms with Gasteiger partial charge in [-0.2, -0.15) is 0 Å². The lowest BCUT2D eigenvalue weighted by Crippen LogP contribution is -2.01. The minimum absolute atomic E-state index is 0.0186. The largest absolute Gasteiger partial charge is 0.478 e. The number of carboxylic acid groups (broad SMARTS) is 4. The molecule has 0 unspecified atom stereocenters. The van der Waals surface area contributed by atoms with E-state index in [1.807, 2.05) is 0 Å². The van der Waals surface area contributed by atoms with E-state index in [1.165, 1.54) is 18.2 Å². The minimum atomic E-state index is -1.26. The molecule has 4 N–H and O–H groups in total. The zero-order chi connectivity index (χ0) is 15.7. The van der Waals surface area contributed by atoms with Crippen LogP contribution < -0.4 is 0 Å². The van der Waals surface area contributed by atoms with Gasteiger partial charge in [-0.05, 0) is 18.2 Å². The predicted molar refractivity (Wildman–Crippen MR) is 64.8 cm³/mol. The first-order valence-corrected chi connectivity index (χ1v) is 4.94. The molecule has 0 aliphatic carbocycles. The third-order valence-electron chi connectivity index (χ3n) is 1.72. The van der Waals surface area contributed by atoms with Crippen LogP contribution in [0.5, 0.6) is 0 Å². The van der Waals surface area contributed by atoms with Gasteiger partial charge in [0.25, 0.3) is 0 Å². The third-order valence-corrected chi connectivity index (χ3v) is 1.72. The number of carbonyl (C=O) groups is 4. The van der Waals surface area contributed by atoms with Gasteiger partial charge in [0, 0.05) is 12.2 Å². The zero-order valence-corrected chi connectivity index (χ0v) is 9.89. The van der Waals surface area contributed by atoms with E-state index in [-0.39, 0.29) is 11.1 Å². The van der Waals surface area contributed by atoms with Gasteiger partial charge in [-0.1, -0.05) is 6.07 Å². The van der Waals surface area contributed by atoms with Gasteiger partial charge in [0.1, 0.15) is 0 Å². The maximum absolute atomic E-state index is 10.4. The summed E-state index contributed by atoms with van der Waals surface area (Å²) in [5.41, 5.74) is -0.0372. The molecule has 0 fully saturated rings. The average Bonchev–Trinajstić information content (AvgIpc) is 2.37. The zero-order valence-electron chi connectivity index (χ0n) is 9.89. The quantitative estimate of drug-likeness (QED) is 0.592. The van der Waals surface area contributed by atoms with Crippen molar-refractivity contribution in [2.75, 3.05) is 0 Å². The SMILES string of the molecule is O=C(O)/C=C\C(=O)O.O=C(O)c1cccc(C(=O)O)c1. The van der Waals surface area contributed by atoms with Crippen molar-refractivity contribution in [2.24, 2.45) is 0 Å². The second kappa shape index (κ2) is 8.03. The van der Waals surface area contributed by atoms with Crippen LogP contribution in [0.25, 0.3) is 0 Å². The molecule has 0 saturated heterocycles. The normalized spacial score (nSPS) is 9.40. The molecular formula is C12H10O8. The van der Waals surface area contributed by atoms with E-state index < -0.39 is 23.9 Å². The van der Waals surface area contributed by atoms with Gasteiger partial charge in [-0.3, -0.25) is 0 Å². The van der Waals surface area contributed by atoms with Crippen LogP contribution in [-0.4, -0.2) is 44.3 Å². The molecule has 1 rings (SSSR count). The van der Waals surface area contributed by atoms with Gasteiger partial charge in [0.15, 0.2) is 0 Å². The van der Waals surface area contributed by atoms with Crippen LogP contribution in [0.15, 0.2) is 36.4 Å². The Balaban J connectivity index is 0.000000396. The Hall–Kier alpha value is -3.16. The lowest BCUT2D eigenvalue weighted by atomic mass is 10.1. The van der Waals surface area contributed by atoms with Gasteiger partial charge < -0.3 is 20.4 Å². The van der Waals surface area contributed by atoms with Gasteiger partial charge in [0.05, 0.1) is 11.1 Å². The standard InChI is InChI=1S/C8H6O4.C4H4O4/c9-7(10)5-2-1-3-6(4-5)8(11)12;5-3(6)1-2-4(7)8/h1-4H,(H,9,10)(H,11,12);1-2H,(H,5,6)(H,7,8)/b;2-1-. The van der Waals surface area contributed by atoms with Gasteiger partial charge in [0.2, 0.25) is 0 Å². The summed E-state index contributed by atoms with van der Waals surface area (Å²) in [5.74, 6) is -4.77. The predicted octanol–water partition coefficient (Wildman–Crippen LogP) is 0.795. The monoisotopic (exact) mass is 282 g/mol. The minimum Gasteiger partial charge on any atom is -0.478 e. The van der Waals surface area contributed by atoms with E-state index in [2.05, 4.69) is 0 Å². The van der Waals surface area contributed by atoms with Crippen molar-refractivity contribution < 1.29 is 39.6 Å². The van der Waals surface area contributed by atoms with Crippen LogP contribution in [0.2, 0.25) is 0 Å². The van der Waals surface area contributed by atoms with Crippen molar-refractivity contribution in [3.8, 4) is 0 Å². The number of hydrogen-bond donors (Lipinski definition) is 4. The Labute approximate surface area is 112 Å². The first-order valence-electron chi connectivity index (χ1n) is 4.94. The number of aliphatic carboxylic acids is 2. The second-order valence-electron chi connectivity index (χ2n) is 3.20. The molecule has 1 aromatic rings. The van der Waals surface area contributed by atoms with E-state index in [9.17, 15) is 19.2 Å². The Morgan fingerprint density at radius 3 is 1.35 bits per heavy atom. The summed E-state index contributed by atoms with van der Waals surface area (Å²) in [6, 6.07) is 5.20. The van der Waals surface area contributed by atoms with Gasteiger partial charge >= 0.3 is 23.9 Å². The summed E-state index contributed by atoms with van der Waals surface area (Å²) >= 11 is 0. The molecule has 0 radical (unpaired) electrons. The molecule has 0 bridgehead atoms. The Morgan fingerprint density at radius 2 is 1.10 bits per heavy atom. The fourth-order valence-electron chi connectivity index (χ4n) is 0.928. The highest BCUT2D eigenvalue weighted by molar-refractivity contribution is 5.93. The summed E-state index contributed by atoms with van der Waals surface area (Å²) in [6.07, 6.45) is 1.12. The smallest absolute Gasteiger partial charge is 0.335 e. The van der Waals surface area contributed by atoms with Gasteiger partial charge in [-0.25, -0.2) is 19.2 Å². The number of rotatable bonds is 4. The van der Waals surface area contributed by atoms with Crippen molar-refractivity contribution in [1.29, 1.82) is 0 Å². The highest BCUT2D eigenvalue weighted by Crippen LogP contribution is 2.04. The molecule has 0 heterocycles. The van der Waals surface area contributed by atoms with Crippen LogP contribution in [0, 0.1) is 0 Å². The highest BCUT2D eigenvalue weighted by Gasteiger charge is 2.06. The van der Waals surface area contributed by atoms with Crippen molar-refractivity contribution >= 4 is 23.9 Å². The fraction of sp³-hybridized carbons (Fsp3) is 0. The topological polar surface area (TPSA) is 149 Å². The van der Waals surface area contributed by atoms with Crippen LogP contribution >= 0.6 is 0 Å². The molecule has 106 valence electrons. The molecule has 0 aromatic heterocycles. The maximum atomic E-state index is 10.4. The molecule has 8 heteroatoms. The van der Waals surface area contributed by atoms with Crippen LogP contribution in [0.1, 0.15) is 20.7 Å². The molecule has 0 amide bonds. The molecule has 1 aromatic carbocycles.